The van der Waals surface area contributed by atoms with Gasteiger partial charge in [-0.15, -0.1) is 0 Å². The maximum atomic E-state index is 12.3. The van der Waals surface area contributed by atoms with E-state index in [-0.39, 0.29) is 23.7 Å². The Hall–Kier alpha value is -2.93. The van der Waals surface area contributed by atoms with Crippen molar-refractivity contribution < 1.29 is 14.4 Å². The molecule has 1 aliphatic rings. The Balaban J connectivity index is 1.33. The smallest absolute Gasteiger partial charge is 0.273 e. The van der Waals surface area contributed by atoms with Gasteiger partial charge in [-0.1, -0.05) is 35.5 Å². The molecular formula is C19H20N4O3. The zero-order valence-corrected chi connectivity index (χ0v) is 14.4. The van der Waals surface area contributed by atoms with E-state index < -0.39 is 6.10 Å². The molecule has 2 heterocycles. The van der Waals surface area contributed by atoms with Gasteiger partial charge in [-0.3, -0.25) is 9.48 Å². The van der Waals surface area contributed by atoms with E-state index in [0.717, 1.165) is 24.0 Å². The number of aromatic nitrogens is 3. The highest BCUT2D eigenvalue weighted by molar-refractivity contribution is 5.93. The first-order chi connectivity index (χ1) is 12.6. The second kappa shape index (κ2) is 6.76. The zero-order valence-electron chi connectivity index (χ0n) is 14.4. The van der Waals surface area contributed by atoms with Gasteiger partial charge in [-0.25, -0.2) is 0 Å². The van der Waals surface area contributed by atoms with Crippen LogP contribution < -0.4 is 5.32 Å². The highest BCUT2D eigenvalue weighted by Crippen LogP contribution is 2.32. The molecule has 1 atom stereocenters. The molecule has 4 rings (SSSR count). The van der Waals surface area contributed by atoms with Crippen molar-refractivity contribution in [2.75, 3.05) is 0 Å². The Labute approximate surface area is 150 Å². The normalized spacial score (nSPS) is 20.4. The summed E-state index contributed by atoms with van der Waals surface area (Å²) in [7, 11) is 0. The molecule has 1 fully saturated rings. The van der Waals surface area contributed by atoms with Crippen LogP contribution in [-0.2, 0) is 0 Å². The molecule has 0 radical (unpaired) electrons. The average molecular weight is 352 g/mol. The first-order valence-electron chi connectivity index (χ1n) is 8.65. The molecule has 26 heavy (non-hydrogen) atoms. The van der Waals surface area contributed by atoms with Gasteiger partial charge in [-0.05, 0) is 19.8 Å². The lowest BCUT2D eigenvalue weighted by molar-refractivity contribution is 0.0879. The lowest BCUT2D eigenvalue weighted by Crippen LogP contribution is -2.45. The Morgan fingerprint density at radius 2 is 2.12 bits per heavy atom. The topological polar surface area (TPSA) is 93.2 Å². The lowest BCUT2D eigenvalue weighted by atomic mass is 9.86. The van der Waals surface area contributed by atoms with Gasteiger partial charge in [0.05, 0.1) is 18.3 Å². The van der Waals surface area contributed by atoms with Gasteiger partial charge >= 0.3 is 0 Å². The van der Waals surface area contributed by atoms with Crippen LogP contribution in [0.3, 0.4) is 0 Å². The van der Waals surface area contributed by atoms with E-state index in [9.17, 15) is 9.90 Å². The van der Waals surface area contributed by atoms with Crippen molar-refractivity contribution in [3.05, 3.63) is 60.0 Å². The standard InChI is InChI=1S/C19H20N4O3/c1-12(24)14-10-20-23(11-14)16-7-15(8-16)21-19(25)17-9-18(26-22-17)13-5-3-2-4-6-13/h2-6,9-12,15-16,24H,7-8H2,1H3,(H,21,25)/t12-,15?,16?/m1/s1. The highest BCUT2D eigenvalue weighted by Gasteiger charge is 2.33. The van der Waals surface area contributed by atoms with Gasteiger partial charge in [0.15, 0.2) is 11.5 Å². The minimum atomic E-state index is -0.523. The van der Waals surface area contributed by atoms with Crippen molar-refractivity contribution >= 4 is 5.91 Å². The Morgan fingerprint density at radius 3 is 2.81 bits per heavy atom. The number of aliphatic hydroxyl groups excluding tert-OH is 1. The third-order valence-corrected chi connectivity index (χ3v) is 4.73. The third kappa shape index (κ3) is 3.25. The van der Waals surface area contributed by atoms with Crippen LogP contribution in [0.25, 0.3) is 11.3 Å². The lowest BCUT2D eigenvalue weighted by Gasteiger charge is -2.35. The number of amides is 1. The number of nitrogens with one attached hydrogen (secondary N) is 1. The first-order valence-corrected chi connectivity index (χ1v) is 8.65. The Kier molecular flexibility index (Phi) is 4.30. The van der Waals surface area contributed by atoms with Crippen LogP contribution in [-0.4, -0.2) is 32.0 Å². The number of aliphatic hydroxyl groups is 1. The maximum absolute atomic E-state index is 12.3. The van der Waals surface area contributed by atoms with E-state index in [4.69, 9.17) is 4.52 Å². The molecule has 134 valence electrons. The molecule has 1 saturated carbocycles. The summed E-state index contributed by atoms with van der Waals surface area (Å²) < 4.78 is 7.13. The summed E-state index contributed by atoms with van der Waals surface area (Å²) >= 11 is 0. The molecule has 0 unspecified atom stereocenters. The van der Waals surface area contributed by atoms with Gasteiger partial charge in [-0.2, -0.15) is 5.10 Å². The third-order valence-electron chi connectivity index (χ3n) is 4.73. The van der Waals surface area contributed by atoms with Crippen LogP contribution in [0.2, 0.25) is 0 Å². The summed E-state index contributed by atoms with van der Waals surface area (Å²) in [4.78, 5) is 12.3. The molecule has 2 aromatic heterocycles. The predicted octanol–water partition coefficient (Wildman–Crippen LogP) is 2.72. The number of carbonyl (C=O) groups excluding carboxylic acids is 1. The molecule has 7 heteroatoms. The van der Waals surface area contributed by atoms with Crippen LogP contribution in [0.5, 0.6) is 0 Å². The molecular weight excluding hydrogens is 332 g/mol. The zero-order chi connectivity index (χ0) is 18.1. The quantitative estimate of drug-likeness (QED) is 0.736. The number of hydrogen-bond acceptors (Lipinski definition) is 5. The van der Waals surface area contributed by atoms with E-state index in [2.05, 4.69) is 15.6 Å². The summed E-state index contributed by atoms with van der Waals surface area (Å²) in [6, 6.07) is 11.5. The van der Waals surface area contributed by atoms with E-state index in [1.807, 2.05) is 41.2 Å². The average Bonchev–Trinajstić information content (AvgIpc) is 3.28. The highest BCUT2D eigenvalue weighted by atomic mass is 16.5. The second-order valence-electron chi connectivity index (χ2n) is 6.67. The van der Waals surface area contributed by atoms with E-state index in [0.29, 0.717) is 5.76 Å². The molecule has 7 nitrogen and oxygen atoms in total. The Morgan fingerprint density at radius 1 is 1.35 bits per heavy atom. The van der Waals surface area contributed by atoms with Crippen molar-refractivity contribution in [1.29, 1.82) is 0 Å². The summed E-state index contributed by atoms with van der Waals surface area (Å²) in [5.74, 6) is 0.342. The number of carbonyl (C=O) groups is 1. The fraction of sp³-hybridized carbons (Fsp3) is 0.316. The number of nitrogens with zero attached hydrogens (tertiary/aromatic N) is 3. The maximum Gasteiger partial charge on any atom is 0.273 e. The van der Waals surface area contributed by atoms with Crippen LogP contribution in [0, 0.1) is 0 Å². The number of hydrogen-bond donors (Lipinski definition) is 2. The largest absolute Gasteiger partial charge is 0.389 e. The summed E-state index contributed by atoms with van der Waals surface area (Å²) in [5, 5.41) is 20.7. The predicted molar refractivity (Wildman–Crippen MR) is 94.3 cm³/mol. The van der Waals surface area contributed by atoms with Crippen LogP contribution in [0.1, 0.15) is 48.0 Å². The van der Waals surface area contributed by atoms with Crippen LogP contribution >= 0.6 is 0 Å². The minimum Gasteiger partial charge on any atom is -0.389 e. The van der Waals surface area contributed by atoms with E-state index in [1.165, 1.54) is 0 Å². The molecule has 1 aromatic carbocycles. The molecule has 2 N–H and O–H groups in total. The minimum absolute atomic E-state index is 0.0866. The fourth-order valence-corrected chi connectivity index (χ4v) is 3.07. The van der Waals surface area contributed by atoms with Crippen molar-refractivity contribution in [3.8, 4) is 11.3 Å². The molecule has 0 aliphatic heterocycles. The van der Waals surface area contributed by atoms with Gasteiger partial charge < -0.3 is 14.9 Å². The van der Waals surface area contributed by atoms with E-state index in [1.54, 1.807) is 19.2 Å². The van der Waals surface area contributed by atoms with Crippen molar-refractivity contribution in [3.63, 3.8) is 0 Å². The van der Waals surface area contributed by atoms with Crippen molar-refractivity contribution in [2.24, 2.45) is 0 Å². The van der Waals surface area contributed by atoms with Gasteiger partial charge in [0.25, 0.3) is 5.91 Å². The molecule has 0 bridgehead atoms. The molecule has 3 aromatic rings. The molecule has 1 aliphatic carbocycles. The summed E-state index contributed by atoms with van der Waals surface area (Å²) in [6.07, 6.45) is 4.62. The summed E-state index contributed by atoms with van der Waals surface area (Å²) in [5.41, 5.74) is 1.96. The molecule has 1 amide bonds. The number of benzene rings is 1. The monoisotopic (exact) mass is 352 g/mol. The van der Waals surface area contributed by atoms with Gasteiger partial charge in [0.1, 0.15) is 0 Å². The van der Waals surface area contributed by atoms with Crippen LogP contribution in [0.15, 0.2) is 53.3 Å². The number of rotatable bonds is 5. The van der Waals surface area contributed by atoms with Crippen molar-refractivity contribution in [2.45, 2.75) is 38.0 Å². The van der Waals surface area contributed by atoms with Crippen LogP contribution in [0.4, 0.5) is 0 Å². The van der Waals surface area contributed by atoms with Gasteiger partial charge in [0.2, 0.25) is 0 Å². The molecule has 0 saturated heterocycles. The first kappa shape index (κ1) is 16.5. The summed E-state index contributed by atoms with van der Waals surface area (Å²) in [6.45, 7) is 1.72. The van der Waals surface area contributed by atoms with Crippen molar-refractivity contribution in [1.82, 2.24) is 20.3 Å². The van der Waals surface area contributed by atoms with Gasteiger partial charge in [0, 0.05) is 29.4 Å². The Bertz CT molecular complexity index is 894. The second-order valence-corrected chi connectivity index (χ2v) is 6.67. The molecule has 0 spiro atoms. The van der Waals surface area contributed by atoms with E-state index >= 15 is 0 Å². The fourth-order valence-electron chi connectivity index (χ4n) is 3.07. The SMILES string of the molecule is C[C@@H](O)c1cnn(C2CC(NC(=O)c3cc(-c4ccccc4)on3)C2)c1.